The van der Waals surface area contributed by atoms with Crippen LogP contribution in [-0.2, 0) is 0 Å². The highest BCUT2D eigenvalue weighted by atomic mass is 32.1. The molecule has 0 atom stereocenters. The standard InChI is InChI=1S/C10H10NS/c1-6-4-5-9-10(7(6)2)11-8(3)12-9/h4-5H,2H2,1,3H3. The fourth-order valence-corrected chi connectivity index (χ4v) is 2.12. The molecule has 0 bridgehead atoms. The monoisotopic (exact) mass is 176 g/mol. The maximum Gasteiger partial charge on any atom is 0.0907 e. The van der Waals surface area contributed by atoms with Crippen molar-refractivity contribution in [3.05, 3.63) is 35.2 Å². The maximum absolute atomic E-state index is 4.43. The number of benzene rings is 1. The van der Waals surface area contributed by atoms with Gasteiger partial charge >= 0.3 is 0 Å². The summed E-state index contributed by atoms with van der Waals surface area (Å²) in [6.45, 7) is 8.10. The van der Waals surface area contributed by atoms with Crippen molar-refractivity contribution in [2.45, 2.75) is 13.8 Å². The van der Waals surface area contributed by atoms with Crippen molar-refractivity contribution in [2.24, 2.45) is 0 Å². The molecule has 1 aromatic heterocycles. The van der Waals surface area contributed by atoms with E-state index in [0.29, 0.717) is 0 Å². The van der Waals surface area contributed by atoms with Gasteiger partial charge in [0, 0.05) is 0 Å². The van der Waals surface area contributed by atoms with Gasteiger partial charge in [0.1, 0.15) is 0 Å². The first kappa shape index (κ1) is 7.74. The number of fused-ring (bicyclic) bond motifs is 1. The van der Waals surface area contributed by atoms with Gasteiger partial charge in [0.15, 0.2) is 0 Å². The van der Waals surface area contributed by atoms with E-state index in [1.165, 1.54) is 10.3 Å². The van der Waals surface area contributed by atoms with Crippen LogP contribution in [0.5, 0.6) is 0 Å². The Hall–Kier alpha value is -0.890. The third-order valence-electron chi connectivity index (χ3n) is 2.01. The number of nitrogens with zero attached hydrogens (tertiary/aromatic N) is 1. The van der Waals surface area contributed by atoms with Crippen LogP contribution in [0, 0.1) is 20.8 Å². The summed E-state index contributed by atoms with van der Waals surface area (Å²) < 4.78 is 1.24. The minimum atomic E-state index is 1.07. The molecule has 0 unspecified atom stereocenters. The topological polar surface area (TPSA) is 12.9 Å². The third-order valence-corrected chi connectivity index (χ3v) is 2.94. The molecule has 2 rings (SSSR count). The zero-order chi connectivity index (χ0) is 8.72. The van der Waals surface area contributed by atoms with Crippen LogP contribution in [0.1, 0.15) is 16.1 Å². The van der Waals surface area contributed by atoms with Crippen LogP contribution in [-0.4, -0.2) is 4.98 Å². The fourth-order valence-electron chi connectivity index (χ4n) is 1.26. The maximum atomic E-state index is 4.43. The number of hydrogen-bond acceptors (Lipinski definition) is 2. The van der Waals surface area contributed by atoms with Gasteiger partial charge in [0.05, 0.1) is 15.2 Å². The molecule has 0 fully saturated rings. The minimum absolute atomic E-state index is 1.07. The van der Waals surface area contributed by atoms with Crippen LogP contribution in [0.2, 0.25) is 0 Å². The normalized spacial score (nSPS) is 10.9. The second kappa shape index (κ2) is 2.56. The minimum Gasteiger partial charge on any atom is -0.241 e. The van der Waals surface area contributed by atoms with E-state index in [0.717, 1.165) is 16.1 Å². The van der Waals surface area contributed by atoms with Crippen molar-refractivity contribution in [3.63, 3.8) is 0 Å². The van der Waals surface area contributed by atoms with Gasteiger partial charge in [0.2, 0.25) is 0 Å². The van der Waals surface area contributed by atoms with Gasteiger partial charge in [-0.25, -0.2) is 4.98 Å². The molecule has 1 nitrogen and oxygen atoms in total. The molecule has 0 saturated heterocycles. The molecule has 0 N–H and O–H groups in total. The molecule has 0 spiro atoms. The Morgan fingerprint density at radius 2 is 2.08 bits per heavy atom. The number of aromatic nitrogens is 1. The van der Waals surface area contributed by atoms with Gasteiger partial charge in [-0.3, -0.25) is 0 Å². The molecule has 0 saturated carbocycles. The first-order chi connectivity index (χ1) is 5.68. The largest absolute Gasteiger partial charge is 0.241 e. The highest BCUT2D eigenvalue weighted by Crippen LogP contribution is 2.25. The lowest BCUT2D eigenvalue weighted by Crippen LogP contribution is -1.81. The summed E-state index contributed by atoms with van der Waals surface area (Å²) in [6, 6.07) is 4.21. The van der Waals surface area contributed by atoms with Crippen molar-refractivity contribution < 1.29 is 0 Å². The summed E-state index contributed by atoms with van der Waals surface area (Å²) in [6.07, 6.45) is 0. The molecule has 2 aromatic rings. The predicted molar refractivity (Wildman–Crippen MR) is 53.6 cm³/mol. The number of aryl methyl sites for hydroxylation is 2. The van der Waals surface area contributed by atoms with Gasteiger partial charge in [-0.05, 0) is 38.0 Å². The van der Waals surface area contributed by atoms with E-state index in [9.17, 15) is 0 Å². The van der Waals surface area contributed by atoms with Gasteiger partial charge in [-0.1, -0.05) is 6.07 Å². The molecule has 0 aliphatic carbocycles. The Balaban J connectivity index is 2.89. The van der Waals surface area contributed by atoms with Gasteiger partial charge in [-0.2, -0.15) is 0 Å². The van der Waals surface area contributed by atoms with Gasteiger partial charge in [0.25, 0.3) is 0 Å². The van der Waals surface area contributed by atoms with Crippen LogP contribution in [0.15, 0.2) is 12.1 Å². The van der Waals surface area contributed by atoms with Crippen LogP contribution in [0.4, 0.5) is 0 Å². The van der Waals surface area contributed by atoms with Crippen molar-refractivity contribution in [3.8, 4) is 0 Å². The summed E-state index contributed by atoms with van der Waals surface area (Å²) in [5.74, 6) is 0. The van der Waals surface area contributed by atoms with E-state index in [1.54, 1.807) is 11.3 Å². The summed E-state index contributed by atoms with van der Waals surface area (Å²) >= 11 is 1.72. The lowest BCUT2D eigenvalue weighted by atomic mass is 10.1. The molecular weight excluding hydrogens is 166 g/mol. The van der Waals surface area contributed by atoms with Crippen molar-refractivity contribution in [1.29, 1.82) is 0 Å². The van der Waals surface area contributed by atoms with Crippen LogP contribution in [0.3, 0.4) is 0 Å². The quantitative estimate of drug-likeness (QED) is 0.601. The Morgan fingerprint density at radius 3 is 2.83 bits per heavy atom. The molecule has 0 aliphatic rings. The number of hydrogen-bond donors (Lipinski definition) is 0. The molecule has 0 amide bonds. The Kier molecular flexibility index (Phi) is 1.65. The molecule has 1 radical (unpaired) electrons. The Labute approximate surface area is 76.1 Å². The van der Waals surface area contributed by atoms with Gasteiger partial charge < -0.3 is 0 Å². The molecule has 1 aromatic carbocycles. The second-order valence-electron chi connectivity index (χ2n) is 2.94. The van der Waals surface area contributed by atoms with E-state index in [1.807, 2.05) is 6.92 Å². The third kappa shape index (κ3) is 1.03. The fraction of sp³-hybridized carbons (Fsp3) is 0.200. The van der Waals surface area contributed by atoms with Crippen molar-refractivity contribution in [1.82, 2.24) is 4.98 Å². The van der Waals surface area contributed by atoms with E-state index in [-0.39, 0.29) is 0 Å². The molecule has 1 heterocycles. The van der Waals surface area contributed by atoms with E-state index in [2.05, 4.69) is 31.0 Å². The Morgan fingerprint density at radius 1 is 1.33 bits per heavy atom. The first-order valence-electron chi connectivity index (χ1n) is 3.87. The SMILES string of the molecule is [CH2]c1c(C)ccc2sc(C)nc12. The highest BCUT2D eigenvalue weighted by Gasteiger charge is 2.04. The summed E-state index contributed by atoms with van der Waals surface area (Å²) in [4.78, 5) is 4.43. The van der Waals surface area contributed by atoms with Crippen LogP contribution >= 0.6 is 11.3 Å². The Bertz CT molecular complexity index is 429. The zero-order valence-electron chi connectivity index (χ0n) is 7.22. The average Bonchev–Trinajstić information content (AvgIpc) is 2.39. The number of thiazole rings is 1. The summed E-state index contributed by atoms with van der Waals surface area (Å²) in [5, 5.41) is 1.11. The average molecular weight is 176 g/mol. The lowest BCUT2D eigenvalue weighted by molar-refractivity contribution is 1.32. The molecule has 61 valence electrons. The van der Waals surface area contributed by atoms with Crippen molar-refractivity contribution in [2.75, 3.05) is 0 Å². The zero-order valence-corrected chi connectivity index (χ0v) is 8.03. The first-order valence-corrected chi connectivity index (χ1v) is 4.69. The van der Waals surface area contributed by atoms with E-state index < -0.39 is 0 Å². The summed E-state index contributed by atoms with van der Waals surface area (Å²) in [7, 11) is 0. The number of rotatable bonds is 0. The molecular formula is C10H10NS. The van der Waals surface area contributed by atoms with Crippen LogP contribution in [0.25, 0.3) is 10.2 Å². The predicted octanol–water partition coefficient (Wildman–Crippen LogP) is 3.10. The van der Waals surface area contributed by atoms with E-state index in [4.69, 9.17) is 0 Å². The van der Waals surface area contributed by atoms with Gasteiger partial charge in [-0.15, -0.1) is 11.3 Å². The summed E-state index contributed by atoms with van der Waals surface area (Å²) in [5.41, 5.74) is 3.35. The molecule has 0 aliphatic heterocycles. The molecule has 12 heavy (non-hydrogen) atoms. The van der Waals surface area contributed by atoms with Crippen molar-refractivity contribution >= 4 is 21.6 Å². The highest BCUT2D eigenvalue weighted by molar-refractivity contribution is 7.18. The second-order valence-corrected chi connectivity index (χ2v) is 4.18. The lowest BCUT2D eigenvalue weighted by Gasteiger charge is -1.97. The molecule has 2 heteroatoms. The smallest absolute Gasteiger partial charge is 0.0907 e. The van der Waals surface area contributed by atoms with E-state index >= 15 is 0 Å². The van der Waals surface area contributed by atoms with Crippen LogP contribution < -0.4 is 0 Å².